The zero-order valence-electron chi connectivity index (χ0n) is 14.2. The maximum Gasteiger partial charge on any atom is 0.446 e. The fraction of sp³-hybridized carbons (Fsp3) is 0.263. The van der Waals surface area contributed by atoms with E-state index in [1.807, 2.05) is 6.07 Å². The van der Waals surface area contributed by atoms with Gasteiger partial charge in [0, 0.05) is 29.2 Å². The molecule has 0 saturated carbocycles. The van der Waals surface area contributed by atoms with Crippen molar-refractivity contribution >= 4 is 29.3 Å². The molecule has 0 aliphatic carbocycles. The van der Waals surface area contributed by atoms with Crippen LogP contribution in [-0.4, -0.2) is 35.3 Å². The van der Waals surface area contributed by atoms with Gasteiger partial charge in [0.1, 0.15) is 0 Å². The van der Waals surface area contributed by atoms with Gasteiger partial charge in [0.05, 0.1) is 5.92 Å². The van der Waals surface area contributed by atoms with Crippen molar-refractivity contribution in [1.29, 1.82) is 0 Å². The Morgan fingerprint density at radius 2 is 1.70 bits per heavy atom. The monoisotopic (exact) mass is 394 g/mol. The van der Waals surface area contributed by atoms with E-state index in [-0.39, 0.29) is 34.4 Å². The Bertz CT molecular complexity index is 810. The highest BCUT2D eigenvalue weighted by Crippen LogP contribution is 2.37. The number of hydrogen-bond acceptors (Lipinski definition) is 3. The van der Waals surface area contributed by atoms with Gasteiger partial charge in [-0.1, -0.05) is 18.2 Å². The average Bonchev–Trinajstić information content (AvgIpc) is 3.12. The van der Waals surface area contributed by atoms with Crippen molar-refractivity contribution < 1.29 is 22.8 Å². The molecule has 1 heterocycles. The van der Waals surface area contributed by atoms with Crippen LogP contribution in [0.3, 0.4) is 0 Å². The number of rotatable bonds is 4. The Labute approximate surface area is 158 Å². The smallest absolute Gasteiger partial charge is 0.338 e. The Hall–Kier alpha value is -2.48. The first-order valence-electron chi connectivity index (χ1n) is 8.33. The summed E-state index contributed by atoms with van der Waals surface area (Å²) in [6, 6.07) is 14.4. The minimum atomic E-state index is -4.34. The molecule has 1 aliphatic rings. The van der Waals surface area contributed by atoms with Crippen LogP contribution in [0.2, 0.25) is 0 Å². The molecule has 1 saturated heterocycles. The first kappa shape index (κ1) is 19.3. The van der Waals surface area contributed by atoms with Crippen molar-refractivity contribution in [2.45, 2.75) is 16.8 Å². The number of amides is 2. The topological polar surface area (TPSA) is 49.4 Å². The fourth-order valence-electron chi connectivity index (χ4n) is 2.91. The molecule has 1 fully saturated rings. The second-order valence-corrected chi connectivity index (χ2v) is 7.30. The molecule has 1 N–H and O–H groups in total. The number of carbonyl (C=O) groups excluding carboxylic acids is 2. The number of benzene rings is 2. The van der Waals surface area contributed by atoms with Crippen molar-refractivity contribution in [2.24, 2.45) is 5.92 Å². The zero-order valence-corrected chi connectivity index (χ0v) is 15.0. The molecule has 8 heteroatoms. The third kappa shape index (κ3) is 5.26. The number of nitrogens with zero attached hydrogens (tertiary/aromatic N) is 1. The van der Waals surface area contributed by atoms with Crippen LogP contribution in [0.1, 0.15) is 16.8 Å². The maximum absolute atomic E-state index is 12.4. The van der Waals surface area contributed by atoms with E-state index in [4.69, 9.17) is 0 Å². The summed E-state index contributed by atoms with van der Waals surface area (Å²) in [5, 5.41) is 2.71. The normalized spacial score (nSPS) is 17.0. The third-order valence-corrected chi connectivity index (χ3v) is 4.96. The minimum Gasteiger partial charge on any atom is -0.338 e. The summed E-state index contributed by atoms with van der Waals surface area (Å²) in [7, 11) is 0. The second kappa shape index (κ2) is 8.04. The molecule has 2 aromatic rings. The first-order valence-corrected chi connectivity index (χ1v) is 9.14. The van der Waals surface area contributed by atoms with Crippen LogP contribution in [0.25, 0.3) is 0 Å². The van der Waals surface area contributed by atoms with Crippen LogP contribution in [0, 0.1) is 5.92 Å². The summed E-state index contributed by atoms with van der Waals surface area (Å²) in [4.78, 5) is 26.5. The fourth-order valence-corrected chi connectivity index (χ4v) is 3.45. The van der Waals surface area contributed by atoms with Crippen LogP contribution in [0.15, 0.2) is 59.5 Å². The minimum absolute atomic E-state index is 0.0565. The number of halogens is 3. The van der Waals surface area contributed by atoms with Gasteiger partial charge >= 0.3 is 5.51 Å². The quantitative estimate of drug-likeness (QED) is 0.782. The van der Waals surface area contributed by atoms with E-state index in [1.54, 1.807) is 29.2 Å². The van der Waals surface area contributed by atoms with E-state index in [1.165, 1.54) is 24.3 Å². The first-order chi connectivity index (χ1) is 12.8. The van der Waals surface area contributed by atoms with Crippen LogP contribution in [0.5, 0.6) is 0 Å². The lowest BCUT2D eigenvalue weighted by molar-refractivity contribution is -0.119. The second-order valence-electron chi connectivity index (χ2n) is 6.16. The van der Waals surface area contributed by atoms with Gasteiger partial charge < -0.3 is 10.2 Å². The lowest BCUT2D eigenvalue weighted by atomic mass is 10.1. The van der Waals surface area contributed by atoms with Gasteiger partial charge in [-0.05, 0) is 54.6 Å². The van der Waals surface area contributed by atoms with Gasteiger partial charge in [-0.25, -0.2) is 0 Å². The van der Waals surface area contributed by atoms with Gasteiger partial charge in [-0.3, -0.25) is 9.59 Å². The molecule has 0 spiro atoms. The van der Waals surface area contributed by atoms with E-state index in [0.29, 0.717) is 30.8 Å². The Balaban J connectivity index is 1.55. The average molecular weight is 394 g/mol. The molecule has 1 aliphatic heterocycles. The third-order valence-electron chi connectivity index (χ3n) is 4.22. The van der Waals surface area contributed by atoms with Crippen molar-refractivity contribution in [3.8, 4) is 0 Å². The number of carbonyl (C=O) groups is 2. The van der Waals surface area contributed by atoms with E-state index in [2.05, 4.69) is 5.32 Å². The zero-order chi connectivity index (χ0) is 19.4. The molecule has 1 unspecified atom stereocenters. The summed E-state index contributed by atoms with van der Waals surface area (Å²) < 4.78 is 37.0. The van der Waals surface area contributed by atoms with Crippen LogP contribution >= 0.6 is 11.8 Å². The molecule has 4 nitrogen and oxygen atoms in total. The largest absolute Gasteiger partial charge is 0.446 e. The molecule has 0 radical (unpaired) electrons. The number of thioether (sulfide) groups is 1. The molecule has 27 heavy (non-hydrogen) atoms. The van der Waals surface area contributed by atoms with Gasteiger partial charge in [-0.15, -0.1) is 0 Å². The van der Waals surface area contributed by atoms with Crippen LogP contribution in [0.4, 0.5) is 18.9 Å². The summed E-state index contributed by atoms with van der Waals surface area (Å²) in [6.07, 6.45) is 0.548. The Morgan fingerprint density at radius 3 is 2.33 bits per heavy atom. The van der Waals surface area contributed by atoms with Crippen molar-refractivity contribution in [2.75, 3.05) is 18.4 Å². The highest BCUT2D eigenvalue weighted by molar-refractivity contribution is 8.00. The standard InChI is InChI=1S/C19H17F3N2O2S/c20-19(21,22)27-16-8-6-15(7-9-16)23-17(25)14-10-11-24(12-14)18(26)13-4-2-1-3-5-13/h1-9,14H,10-12H2,(H,23,25). The van der Waals surface area contributed by atoms with Gasteiger partial charge in [-0.2, -0.15) is 13.2 Å². The summed E-state index contributed by atoms with van der Waals surface area (Å²) >= 11 is -0.202. The van der Waals surface area contributed by atoms with Crippen LogP contribution < -0.4 is 5.32 Å². The predicted octanol–water partition coefficient (Wildman–Crippen LogP) is 4.40. The molecule has 1 atom stereocenters. The van der Waals surface area contributed by atoms with Crippen LogP contribution in [-0.2, 0) is 4.79 Å². The highest BCUT2D eigenvalue weighted by atomic mass is 32.2. The van der Waals surface area contributed by atoms with Gasteiger partial charge in [0.15, 0.2) is 0 Å². The molecular formula is C19H17F3N2O2S. The van der Waals surface area contributed by atoms with E-state index < -0.39 is 5.51 Å². The van der Waals surface area contributed by atoms with Crippen molar-refractivity contribution in [3.63, 3.8) is 0 Å². The summed E-state index contributed by atoms with van der Waals surface area (Å²) in [5.41, 5.74) is -3.33. The number of hydrogen-bond donors (Lipinski definition) is 1. The lowest BCUT2D eigenvalue weighted by Gasteiger charge is -2.16. The van der Waals surface area contributed by atoms with Crippen molar-refractivity contribution in [1.82, 2.24) is 4.90 Å². The highest BCUT2D eigenvalue weighted by Gasteiger charge is 2.32. The number of likely N-dealkylation sites (tertiary alicyclic amines) is 1. The number of anilines is 1. The lowest BCUT2D eigenvalue weighted by Crippen LogP contribution is -2.31. The number of alkyl halides is 3. The Morgan fingerprint density at radius 1 is 1.04 bits per heavy atom. The molecular weight excluding hydrogens is 377 g/mol. The molecule has 2 aromatic carbocycles. The molecule has 0 aromatic heterocycles. The SMILES string of the molecule is O=C(Nc1ccc(SC(F)(F)F)cc1)C1CCN(C(=O)c2ccccc2)C1. The van der Waals surface area contributed by atoms with Crippen molar-refractivity contribution in [3.05, 3.63) is 60.2 Å². The van der Waals surface area contributed by atoms with Gasteiger partial charge in [0.25, 0.3) is 5.91 Å². The van der Waals surface area contributed by atoms with E-state index >= 15 is 0 Å². The molecule has 142 valence electrons. The van der Waals surface area contributed by atoms with Gasteiger partial charge in [0.2, 0.25) is 5.91 Å². The molecule has 0 bridgehead atoms. The summed E-state index contributed by atoms with van der Waals surface area (Å²) in [5.74, 6) is -0.698. The maximum atomic E-state index is 12.4. The Kier molecular flexibility index (Phi) is 5.74. The molecule has 2 amide bonds. The number of nitrogens with one attached hydrogen (secondary N) is 1. The molecule has 3 rings (SSSR count). The van der Waals surface area contributed by atoms with E-state index in [9.17, 15) is 22.8 Å². The summed E-state index contributed by atoms with van der Waals surface area (Å²) in [6.45, 7) is 0.814. The predicted molar refractivity (Wildman–Crippen MR) is 97.4 cm³/mol. The van der Waals surface area contributed by atoms with E-state index in [0.717, 1.165) is 0 Å².